The molecular weight excluding hydrogens is 254 g/mol. The molecule has 0 aliphatic carbocycles. The van der Waals surface area contributed by atoms with Gasteiger partial charge in [0.25, 0.3) is 0 Å². The van der Waals surface area contributed by atoms with E-state index in [0.717, 1.165) is 12.0 Å². The van der Waals surface area contributed by atoms with Crippen LogP contribution >= 0.6 is 0 Å². The molecule has 0 saturated heterocycles. The smallest absolute Gasteiger partial charge is 0.239 e. The lowest BCUT2D eigenvalue weighted by Crippen LogP contribution is -2.40. The zero-order valence-electron chi connectivity index (χ0n) is 12.3. The van der Waals surface area contributed by atoms with Crippen molar-refractivity contribution in [2.45, 2.75) is 26.2 Å². The van der Waals surface area contributed by atoms with Crippen LogP contribution in [-0.4, -0.2) is 36.9 Å². The fourth-order valence-corrected chi connectivity index (χ4v) is 1.92. The van der Waals surface area contributed by atoms with E-state index >= 15 is 0 Å². The number of hydrogen-bond acceptors (Lipinski definition) is 3. The standard InChI is InChI=1S/C15H23N3O2/c1-4-8-17-14(19)10-18(3)15(20)11(2)12-6-5-7-13(16)9-12/h5-7,9,11H,4,8,10,16H2,1-3H3,(H,17,19). The van der Waals surface area contributed by atoms with Crippen molar-refractivity contribution in [3.05, 3.63) is 29.8 Å². The van der Waals surface area contributed by atoms with Gasteiger partial charge in [0.2, 0.25) is 11.8 Å². The fraction of sp³-hybridized carbons (Fsp3) is 0.467. The van der Waals surface area contributed by atoms with Gasteiger partial charge in [-0.25, -0.2) is 0 Å². The Labute approximate surface area is 120 Å². The van der Waals surface area contributed by atoms with Crippen molar-refractivity contribution in [3.63, 3.8) is 0 Å². The number of nitrogen functional groups attached to an aromatic ring is 1. The molecule has 0 saturated carbocycles. The molecule has 1 aromatic rings. The fourth-order valence-electron chi connectivity index (χ4n) is 1.92. The molecule has 1 atom stereocenters. The van der Waals surface area contributed by atoms with Crippen molar-refractivity contribution in [1.29, 1.82) is 0 Å². The van der Waals surface area contributed by atoms with E-state index in [1.54, 1.807) is 19.2 Å². The molecule has 2 amide bonds. The molecule has 20 heavy (non-hydrogen) atoms. The quantitative estimate of drug-likeness (QED) is 0.771. The maximum atomic E-state index is 12.3. The second-order valence-corrected chi connectivity index (χ2v) is 4.94. The van der Waals surface area contributed by atoms with Crippen LogP contribution in [-0.2, 0) is 9.59 Å². The van der Waals surface area contributed by atoms with Gasteiger partial charge in [-0.3, -0.25) is 9.59 Å². The van der Waals surface area contributed by atoms with Gasteiger partial charge < -0.3 is 16.0 Å². The number of rotatable bonds is 6. The average Bonchev–Trinajstić information content (AvgIpc) is 2.43. The van der Waals surface area contributed by atoms with Gasteiger partial charge in [-0.05, 0) is 31.0 Å². The molecule has 0 aliphatic heterocycles. The molecule has 0 spiro atoms. The van der Waals surface area contributed by atoms with Crippen molar-refractivity contribution in [3.8, 4) is 0 Å². The van der Waals surface area contributed by atoms with E-state index in [2.05, 4.69) is 5.32 Å². The zero-order chi connectivity index (χ0) is 15.1. The molecule has 110 valence electrons. The molecule has 5 heteroatoms. The third-order valence-corrected chi connectivity index (χ3v) is 3.11. The summed E-state index contributed by atoms with van der Waals surface area (Å²) in [6.45, 7) is 4.51. The van der Waals surface area contributed by atoms with Crippen LogP contribution in [0.4, 0.5) is 5.69 Å². The Bertz CT molecular complexity index is 474. The number of nitrogens with one attached hydrogen (secondary N) is 1. The van der Waals surface area contributed by atoms with Gasteiger partial charge in [-0.1, -0.05) is 19.1 Å². The molecule has 1 rings (SSSR count). The van der Waals surface area contributed by atoms with Crippen molar-refractivity contribution < 1.29 is 9.59 Å². The number of carbonyl (C=O) groups excluding carboxylic acids is 2. The van der Waals surface area contributed by atoms with Gasteiger partial charge in [0, 0.05) is 19.3 Å². The molecule has 0 heterocycles. The Hall–Kier alpha value is -2.04. The van der Waals surface area contributed by atoms with Crippen LogP contribution < -0.4 is 11.1 Å². The van der Waals surface area contributed by atoms with Crippen LogP contribution in [0.25, 0.3) is 0 Å². The Kier molecular flexibility index (Phi) is 6.03. The van der Waals surface area contributed by atoms with Gasteiger partial charge in [0.1, 0.15) is 0 Å². The summed E-state index contributed by atoms with van der Waals surface area (Å²) >= 11 is 0. The normalized spacial score (nSPS) is 11.8. The lowest BCUT2D eigenvalue weighted by Gasteiger charge is -2.21. The average molecular weight is 277 g/mol. The number of nitrogens with two attached hydrogens (primary N) is 1. The van der Waals surface area contributed by atoms with Crippen LogP contribution in [0.15, 0.2) is 24.3 Å². The summed E-state index contributed by atoms with van der Waals surface area (Å²) in [6, 6.07) is 7.25. The van der Waals surface area contributed by atoms with Gasteiger partial charge >= 0.3 is 0 Å². The minimum absolute atomic E-state index is 0.0749. The SMILES string of the molecule is CCCNC(=O)CN(C)C(=O)C(C)c1cccc(N)c1. The summed E-state index contributed by atoms with van der Waals surface area (Å²) in [5, 5.41) is 2.75. The van der Waals surface area contributed by atoms with E-state index in [1.165, 1.54) is 4.90 Å². The Morgan fingerprint density at radius 1 is 1.40 bits per heavy atom. The van der Waals surface area contributed by atoms with E-state index in [9.17, 15) is 9.59 Å². The summed E-state index contributed by atoms with van der Waals surface area (Å²) in [5.74, 6) is -0.549. The first-order valence-electron chi connectivity index (χ1n) is 6.82. The van der Waals surface area contributed by atoms with Crippen LogP contribution in [0.2, 0.25) is 0 Å². The number of carbonyl (C=O) groups is 2. The maximum Gasteiger partial charge on any atom is 0.239 e. The third kappa shape index (κ3) is 4.57. The molecule has 1 aromatic carbocycles. The van der Waals surface area contributed by atoms with Crippen LogP contribution in [0.1, 0.15) is 31.7 Å². The number of likely N-dealkylation sites (N-methyl/N-ethyl adjacent to an activating group) is 1. The van der Waals surface area contributed by atoms with Gasteiger partial charge in [-0.15, -0.1) is 0 Å². The molecule has 0 radical (unpaired) electrons. The first-order chi connectivity index (χ1) is 9.45. The predicted octanol–water partition coefficient (Wildman–Crippen LogP) is 1.36. The maximum absolute atomic E-state index is 12.3. The number of amides is 2. The molecule has 1 unspecified atom stereocenters. The number of benzene rings is 1. The lowest BCUT2D eigenvalue weighted by atomic mass is 9.99. The Morgan fingerprint density at radius 2 is 2.10 bits per heavy atom. The minimum atomic E-state index is -0.317. The molecule has 0 bridgehead atoms. The summed E-state index contributed by atoms with van der Waals surface area (Å²) in [4.78, 5) is 25.3. The molecule has 5 nitrogen and oxygen atoms in total. The summed E-state index contributed by atoms with van der Waals surface area (Å²) in [5.41, 5.74) is 7.21. The van der Waals surface area contributed by atoms with Crippen LogP contribution in [0, 0.1) is 0 Å². The lowest BCUT2D eigenvalue weighted by molar-refractivity contribution is -0.135. The zero-order valence-corrected chi connectivity index (χ0v) is 12.3. The Balaban J connectivity index is 2.62. The molecule has 0 fully saturated rings. The van der Waals surface area contributed by atoms with E-state index in [1.807, 2.05) is 26.0 Å². The second kappa shape index (κ2) is 7.53. The van der Waals surface area contributed by atoms with Crippen molar-refractivity contribution in [1.82, 2.24) is 10.2 Å². The highest BCUT2D eigenvalue weighted by Crippen LogP contribution is 2.19. The van der Waals surface area contributed by atoms with Gasteiger partial charge in [0.05, 0.1) is 12.5 Å². The first-order valence-corrected chi connectivity index (χ1v) is 6.82. The monoisotopic (exact) mass is 277 g/mol. The number of hydrogen-bond donors (Lipinski definition) is 2. The largest absolute Gasteiger partial charge is 0.399 e. The summed E-state index contributed by atoms with van der Waals surface area (Å²) in [6.07, 6.45) is 0.878. The molecule has 3 N–H and O–H groups in total. The van der Waals surface area contributed by atoms with E-state index in [-0.39, 0.29) is 24.3 Å². The van der Waals surface area contributed by atoms with Crippen molar-refractivity contribution >= 4 is 17.5 Å². The van der Waals surface area contributed by atoms with Crippen LogP contribution in [0.3, 0.4) is 0 Å². The van der Waals surface area contributed by atoms with Crippen molar-refractivity contribution in [2.75, 3.05) is 25.9 Å². The minimum Gasteiger partial charge on any atom is -0.399 e. The first kappa shape index (κ1) is 16.0. The highest BCUT2D eigenvalue weighted by atomic mass is 16.2. The predicted molar refractivity (Wildman–Crippen MR) is 80.2 cm³/mol. The van der Waals surface area contributed by atoms with E-state index in [0.29, 0.717) is 12.2 Å². The van der Waals surface area contributed by atoms with Gasteiger partial charge in [0.15, 0.2) is 0 Å². The van der Waals surface area contributed by atoms with Crippen LogP contribution in [0.5, 0.6) is 0 Å². The third-order valence-electron chi connectivity index (χ3n) is 3.11. The molecular formula is C15H23N3O2. The molecule has 0 aromatic heterocycles. The summed E-state index contributed by atoms with van der Waals surface area (Å²) < 4.78 is 0. The second-order valence-electron chi connectivity index (χ2n) is 4.94. The number of nitrogens with zero attached hydrogens (tertiary/aromatic N) is 1. The van der Waals surface area contributed by atoms with E-state index < -0.39 is 0 Å². The van der Waals surface area contributed by atoms with Crippen molar-refractivity contribution in [2.24, 2.45) is 0 Å². The highest BCUT2D eigenvalue weighted by molar-refractivity contribution is 5.88. The summed E-state index contributed by atoms with van der Waals surface area (Å²) in [7, 11) is 1.64. The molecule has 0 aliphatic rings. The Morgan fingerprint density at radius 3 is 2.70 bits per heavy atom. The topological polar surface area (TPSA) is 75.4 Å². The highest BCUT2D eigenvalue weighted by Gasteiger charge is 2.20. The van der Waals surface area contributed by atoms with Gasteiger partial charge in [-0.2, -0.15) is 0 Å². The van der Waals surface area contributed by atoms with E-state index in [4.69, 9.17) is 5.73 Å². The number of anilines is 1.